The summed E-state index contributed by atoms with van der Waals surface area (Å²) in [4.78, 5) is 13.7. The molecule has 5 heteroatoms. The van der Waals surface area contributed by atoms with Crippen LogP contribution in [0.5, 0.6) is 5.75 Å². The van der Waals surface area contributed by atoms with Gasteiger partial charge >= 0.3 is 0 Å². The van der Waals surface area contributed by atoms with Crippen LogP contribution in [0.25, 0.3) is 0 Å². The Morgan fingerprint density at radius 1 is 1.11 bits per heavy atom. The Balaban J connectivity index is 1.57. The number of fused-ring (bicyclic) bond motifs is 1. The molecule has 1 aliphatic rings. The second-order valence-corrected chi connectivity index (χ2v) is 6.54. The summed E-state index contributed by atoms with van der Waals surface area (Å²) in [5.74, 6) is 2.45. The zero-order valence-corrected chi connectivity index (χ0v) is 15.4. The lowest BCUT2D eigenvalue weighted by molar-refractivity contribution is 0.306. The van der Waals surface area contributed by atoms with Gasteiger partial charge in [-0.25, -0.2) is 9.97 Å². The molecule has 0 saturated carbocycles. The Morgan fingerprint density at radius 2 is 2.00 bits per heavy atom. The van der Waals surface area contributed by atoms with Gasteiger partial charge in [0.2, 0.25) is 0 Å². The Kier molecular flexibility index (Phi) is 5.10. The Hall–Kier alpha value is -3.21. The third-order valence-electron chi connectivity index (χ3n) is 4.43. The minimum Gasteiger partial charge on any atom is -0.489 e. The largest absolute Gasteiger partial charge is 0.489 e. The van der Waals surface area contributed by atoms with Crippen LogP contribution in [0.3, 0.4) is 0 Å². The number of nitrogens with one attached hydrogen (secondary N) is 1. The molecule has 27 heavy (non-hydrogen) atoms. The molecule has 0 aliphatic carbocycles. The third kappa shape index (κ3) is 4.31. The molecule has 4 rings (SSSR count). The van der Waals surface area contributed by atoms with Crippen molar-refractivity contribution in [1.82, 2.24) is 9.97 Å². The first kappa shape index (κ1) is 17.2. The number of aliphatic imine (C=N–C) groups is 1. The molecule has 1 N–H and O–H groups in total. The van der Waals surface area contributed by atoms with E-state index in [1.165, 1.54) is 0 Å². The highest BCUT2D eigenvalue weighted by Gasteiger charge is 2.15. The maximum atomic E-state index is 5.93. The zero-order chi connectivity index (χ0) is 18.5. The van der Waals surface area contributed by atoms with Crippen LogP contribution in [0, 0.1) is 6.92 Å². The topological polar surface area (TPSA) is 59.4 Å². The van der Waals surface area contributed by atoms with E-state index < -0.39 is 0 Å². The lowest BCUT2D eigenvalue weighted by Gasteiger charge is -2.09. The molecule has 136 valence electrons. The molecule has 0 unspecified atom stereocenters. The average Bonchev–Trinajstić information content (AvgIpc) is 2.89. The van der Waals surface area contributed by atoms with Crippen molar-refractivity contribution in [1.29, 1.82) is 0 Å². The van der Waals surface area contributed by atoms with Gasteiger partial charge in [0.25, 0.3) is 0 Å². The predicted molar refractivity (Wildman–Crippen MR) is 108 cm³/mol. The van der Waals surface area contributed by atoms with Gasteiger partial charge in [-0.05, 0) is 37.5 Å². The lowest BCUT2D eigenvalue weighted by Crippen LogP contribution is -2.06. The maximum absolute atomic E-state index is 5.93. The fourth-order valence-corrected chi connectivity index (χ4v) is 3.07. The van der Waals surface area contributed by atoms with Crippen LogP contribution in [0.4, 0.5) is 11.5 Å². The Bertz CT molecular complexity index is 954. The van der Waals surface area contributed by atoms with Crippen LogP contribution >= 0.6 is 0 Å². The van der Waals surface area contributed by atoms with Crippen molar-refractivity contribution in [2.24, 2.45) is 4.99 Å². The minimum absolute atomic E-state index is 0.542. The molecule has 2 heterocycles. The quantitative estimate of drug-likeness (QED) is 0.735. The van der Waals surface area contributed by atoms with E-state index in [-0.39, 0.29) is 0 Å². The van der Waals surface area contributed by atoms with Crippen LogP contribution in [0.1, 0.15) is 29.8 Å². The zero-order valence-electron chi connectivity index (χ0n) is 15.4. The fraction of sp³-hybridized carbons (Fsp3) is 0.227. The van der Waals surface area contributed by atoms with Crippen LogP contribution in [0.2, 0.25) is 0 Å². The molecule has 0 radical (unpaired) electrons. The number of rotatable bonds is 4. The summed E-state index contributed by atoms with van der Waals surface area (Å²) in [6, 6.07) is 18.1. The highest BCUT2D eigenvalue weighted by atomic mass is 16.5. The van der Waals surface area contributed by atoms with Crippen LogP contribution in [-0.2, 0) is 6.61 Å². The number of ether oxygens (including phenoxy) is 1. The van der Waals surface area contributed by atoms with E-state index in [9.17, 15) is 0 Å². The molecule has 0 saturated heterocycles. The van der Waals surface area contributed by atoms with Gasteiger partial charge in [-0.3, -0.25) is 4.99 Å². The second kappa shape index (κ2) is 7.99. The third-order valence-corrected chi connectivity index (χ3v) is 4.43. The summed E-state index contributed by atoms with van der Waals surface area (Å²) in [5, 5.41) is 3.37. The van der Waals surface area contributed by atoms with Crippen LogP contribution in [-0.4, -0.2) is 22.2 Å². The van der Waals surface area contributed by atoms with E-state index >= 15 is 0 Å². The highest BCUT2D eigenvalue weighted by molar-refractivity contribution is 6.05. The smallest absolute Gasteiger partial charge is 0.138 e. The second-order valence-electron chi connectivity index (χ2n) is 6.54. The van der Waals surface area contributed by atoms with Gasteiger partial charge in [0.05, 0.1) is 17.0 Å². The Labute approximate surface area is 159 Å². The molecule has 0 amide bonds. The van der Waals surface area contributed by atoms with Crippen molar-refractivity contribution >= 4 is 17.2 Å². The first-order valence-electron chi connectivity index (χ1n) is 9.20. The molecule has 1 aliphatic heterocycles. The van der Waals surface area contributed by atoms with Gasteiger partial charge < -0.3 is 10.1 Å². The number of anilines is 1. The van der Waals surface area contributed by atoms with Crippen LogP contribution in [0.15, 0.2) is 65.8 Å². The normalized spacial score (nSPS) is 14.9. The molecule has 0 spiro atoms. The molecule has 1 aromatic heterocycles. The average molecular weight is 358 g/mol. The van der Waals surface area contributed by atoms with E-state index in [1.54, 1.807) is 0 Å². The van der Waals surface area contributed by atoms with Crippen molar-refractivity contribution in [3.63, 3.8) is 0 Å². The first-order valence-corrected chi connectivity index (χ1v) is 9.20. The summed E-state index contributed by atoms with van der Waals surface area (Å²) < 4.78 is 5.93. The summed E-state index contributed by atoms with van der Waals surface area (Å²) in [6.07, 6.45) is 3.77. The highest BCUT2D eigenvalue weighted by Crippen LogP contribution is 2.25. The Morgan fingerprint density at radius 3 is 2.89 bits per heavy atom. The number of hydrogen-bond donors (Lipinski definition) is 1. The minimum atomic E-state index is 0.542. The molecule has 3 aromatic rings. The standard InChI is InChI=1S/C22H22N4O/c1-16-24-14-20-21(11-6-12-23-22(20)25-16)26-18-9-5-10-19(13-18)27-15-17-7-3-2-4-8-17/h2-5,7-10,13-14H,6,11-12,15H2,1H3,(H,23,24,25). The molecular formula is C22H22N4O. The monoisotopic (exact) mass is 358 g/mol. The number of aromatic nitrogens is 2. The first-order chi connectivity index (χ1) is 13.3. The fourth-order valence-electron chi connectivity index (χ4n) is 3.07. The van der Waals surface area contributed by atoms with Crippen molar-refractivity contribution in [3.05, 3.63) is 77.7 Å². The number of nitrogens with zero attached hydrogens (tertiary/aromatic N) is 3. The summed E-state index contributed by atoms with van der Waals surface area (Å²) in [5.41, 5.74) is 4.01. The SMILES string of the molecule is Cc1ncc2c(n1)NCCCC2=Nc1cccc(OCc2ccccc2)c1. The van der Waals surface area contributed by atoms with E-state index in [1.807, 2.05) is 55.6 Å². The summed E-state index contributed by atoms with van der Waals surface area (Å²) in [7, 11) is 0. The molecule has 0 atom stereocenters. The summed E-state index contributed by atoms with van der Waals surface area (Å²) in [6.45, 7) is 3.33. The van der Waals surface area contributed by atoms with Crippen molar-refractivity contribution in [3.8, 4) is 5.75 Å². The van der Waals surface area contributed by atoms with Gasteiger partial charge in [-0.2, -0.15) is 0 Å². The van der Waals surface area contributed by atoms with E-state index in [0.717, 1.165) is 59.3 Å². The van der Waals surface area contributed by atoms with Gasteiger partial charge in [-0.1, -0.05) is 36.4 Å². The van der Waals surface area contributed by atoms with E-state index in [2.05, 4.69) is 27.4 Å². The number of aryl methyl sites for hydroxylation is 1. The van der Waals surface area contributed by atoms with Gasteiger partial charge in [0.1, 0.15) is 24.0 Å². The number of benzene rings is 2. The van der Waals surface area contributed by atoms with Gasteiger partial charge in [-0.15, -0.1) is 0 Å². The molecule has 0 fully saturated rings. The van der Waals surface area contributed by atoms with E-state index in [0.29, 0.717) is 6.61 Å². The predicted octanol–water partition coefficient (Wildman–Crippen LogP) is 4.69. The summed E-state index contributed by atoms with van der Waals surface area (Å²) >= 11 is 0. The maximum Gasteiger partial charge on any atom is 0.138 e. The lowest BCUT2D eigenvalue weighted by atomic mass is 10.1. The molecule has 5 nitrogen and oxygen atoms in total. The molecule has 0 bridgehead atoms. The molecular weight excluding hydrogens is 336 g/mol. The van der Waals surface area contributed by atoms with Crippen molar-refractivity contribution in [2.45, 2.75) is 26.4 Å². The molecule has 2 aromatic carbocycles. The van der Waals surface area contributed by atoms with E-state index in [4.69, 9.17) is 9.73 Å². The van der Waals surface area contributed by atoms with Gasteiger partial charge in [0.15, 0.2) is 0 Å². The van der Waals surface area contributed by atoms with Crippen molar-refractivity contribution < 1.29 is 4.74 Å². The number of hydrogen-bond acceptors (Lipinski definition) is 5. The van der Waals surface area contributed by atoms with Gasteiger partial charge in [0, 0.05) is 18.8 Å². The van der Waals surface area contributed by atoms with Crippen LogP contribution < -0.4 is 10.1 Å². The van der Waals surface area contributed by atoms with Crippen molar-refractivity contribution in [2.75, 3.05) is 11.9 Å².